The van der Waals surface area contributed by atoms with Gasteiger partial charge in [-0.05, 0) is 11.1 Å². The summed E-state index contributed by atoms with van der Waals surface area (Å²) in [5.41, 5.74) is 10.4. The zero-order valence-electron chi connectivity index (χ0n) is 7.78. The molecule has 1 saturated heterocycles. The smallest absolute Gasteiger partial charge is 0.223 e. The van der Waals surface area contributed by atoms with Gasteiger partial charge in [0.15, 0.2) is 0 Å². The summed E-state index contributed by atoms with van der Waals surface area (Å²) in [5.74, 6) is 0. The minimum atomic E-state index is -4.42. The van der Waals surface area contributed by atoms with E-state index in [1.165, 1.54) is 24.3 Å². The monoisotopic (exact) mass is 229 g/mol. The van der Waals surface area contributed by atoms with Crippen LogP contribution in [0.1, 0.15) is 5.56 Å². The quantitative estimate of drug-likeness (QED) is 0.352. The molecule has 1 aromatic rings. The van der Waals surface area contributed by atoms with Crippen LogP contribution in [0.25, 0.3) is 10.4 Å². The highest BCUT2D eigenvalue weighted by Crippen LogP contribution is 2.42. The van der Waals surface area contributed by atoms with E-state index >= 15 is 0 Å². The van der Waals surface area contributed by atoms with Crippen molar-refractivity contribution in [2.24, 2.45) is 5.11 Å². The summed E-state index contributed by atoms with van der Waals surface area (Å²) in [6, 6.07) is 5.16. The first-order chi connectivity index (χ1) is 7.49. The van der Waals surface area contributed by atoms with E-state index in [2.05, 4.69) is 20.9 Å². The first kappa shape index (κ1) is 10.7. The molecular formula is C8H6F3N5. The highest BCUT2D eigenvalue weighted by atomic mass is 19.4. The number of hydrazine groups is 1. The van der Waals surface area contributed by atoms with Gasteiger partial charge < -0.3 is 0 Å². The van der Waals surface area contributed by atoms with Gasteiger partial charge in [0.25, 0.3) is 0 Å². The second-order valence-corrected chi connectivity index (χ2v) is 3.23. The predicted molar refractivity (Wildman–Crippen MR) is 49.3 cm³/mol. The molecule has 1 aliphatic heterocycles. The molecule has 1 aromatic carbocycles. The summed E-state index contributed by atoms with van der Waals surface area (Å²) in [4.78, 5) is 2.53. The summed E-state index contributed by atoms with van der Waals surface area (Å²) in [7, 11) is 0. The standard InChI is InChI=1S/C8H6F3N5/c9-8(10,11)7(14-15-7)5-1-3-6(4-2-5)13-16-12/h1-4,14-15H. The van der Waals surface area contributed by atoms with Crippen LogP contribution in [0, 0.1) is 0 Å². The Bertz CT molecular complexity index is 442. The summed E-state index contributed by atoms with van der Waals surface area (Å²) in [6.45, 7) is 0. The third-order valence-corrected chi connectivity index (χ3v) is 2.26. The van der Waals surface area contributed by atoms with Crippen LogP contribution in [0.3, 0.4) is 0 Å². The number of nitrogens with one attached hydrogen (secondary N) is 2. The fraction of sp³-hybridized carbons (Fsp3) is 0.250. The maximum Gasteiger partial charge on any atom is 0.426 e. The van der Waals surface area contributed by atoms with Crippen molar-refractivity contribution >= 4 is 5.69 Å². The normalized spacial score (nSPS) is 17.7. The number of benzene rings is 1. The van der Waals surface area contributed by atoms with Gasteiger partial charge in [0.05, 0.1) is 0 Å². The molecule has 0 spiro atoms. The van der Waals surface area contributed by atoms with Gasteiger partial charge in [-0.2, -0.15) is 13.2 Å². The van der Waals surface area contributed by atoms with Crippen molar-refractivity contribution in [3.8, 4) is 0 Å². The molecule has 0 atom stereocenters. The Balaban J connectivity index is 2.32. The minimum absolute atomic E-state index is 0.0249. The first-order valence-corrected chi connectivity index (χ1v) is 4.26. The molecule has 0 unspecified atom stereocenters. The number of rotatable bonds is 2. The zero-order valence-corrected chi connectivity index (χ0v) is 7.78. The lowest BCUT2D eigenvalue weighted by Gasteiger charge is -2.15. The van der Waals surface area contributed by atoms with Gasteiger partial charge in [0.2, 0.25) is 5.66 Å². The molecule has 0 aliphatic carbocycles. The zero-order chi connectivity index (χ0) is 11.8. The lowest BCUT2D eigenvalue weighted by Crippen LogP contribution is -2.34. The van der Waals surface area contributed by atoms with Crippen LogP contribution < -0.4 is 10.9 Å². The summed E-state index contributed by atoms with van der Waals surface area (Å²) >= 11 is 0. The average molecular weight is 229 g/mol. The van der Waals surface area contributed by atoms with E-state index in [9.17, 15) is 13.2 Å². The topological polar surface area (TPSA) is 92.6 Å². The molecule has 0 saturated carbocycles. The average Bonchev–Trinajstić information content (AvgIpc) is 2.99. The van der Waals surface area contributed by atoms with Crippen molar-refractivity contribution in [2.45, 2.75) is 11.8 Å². The Morgan fingerprint density at radius 3 is 2.12 bits per heavy atom. The molecule has 1 aliphatic rings. The second-order valence-electron chi connectivity index (χ2n) is 3.23. The van der Waals surface area contributed by atoms with E-state index in [0.29, 0.717) is 0 Å². The molecule has 0 radical (unpaired) electrons. The Morgan fingerprint density at radius 2 is 1.75 bits per heavy atom. The maximum absolute atomic E-state index is 12.6. The second kappa shape index (κ2) is 3.38. The van der Waals surface area contributed by atoms with Crippen LogP contribution in [0.5, 0.6) is 0 Å². The van der Waals surface area contributed by atoms with Crippen molar-refractivity contribution in [2.75, 3.05) is 0 Å². The molecule has 1 heterocycles. The summed E-state index contributed by atoms with van der Waals surface area (Å²) in [5, 5.41) is 3.27. The first-order valence-electron chi connectivity index (χ1n) is 4.26. The molecule has 2 rings (SSSR count). The number of alkyl halides is 3. The summed E-state index contributed by atoms with van der Waals surface area (Å²) in [6.07, 6.45) is -4.42. The van der Waals surface area contributed by atoms with Crippen molar-refractivity contribution < 1.29 is 13.2 Å². The van der Waals surface area contributed by atoms with Crippen LogP contribution in [0.2, 0.25) is 0 Å². The molecular weight excluding hydrogens is 223 g/mol. The van der Waals surface area contributed by atoms with Crippen LogP contribution in [0.4, 0.5) is 18.9 Å². The minimum Gasteiger partial charge on any atom is -0.223 e. The number of hydrogen-bond donors (Lipinski definition) is 2. The SMILES string of the molecule is [N-]=[N+]=Nc1ccc(C2(C(F)(F)F)NN2)cc1. The molecule has 16 heavy (non-hydrogen) atoms. The number of hydrogen-bond acceptors (Lipinski definition) is 3. The maximum atomic E-state index is 12.6. The highest BCUT2D eigenvalue weighted by Gasteiger charge is 2.65. The van der Waals surface area contributed by atoms with E-state index in [1.807, 2.05) is 0 Å². The molecule has 5 nitrogen and oxygen atoms in total. The van der Waals surface area contributed by atoms with Gasteiger partial charge >= 0.3 is 6.18 Å². The van der Waals surface area contributed by atoms with Gasteiger partial charge in [-0.15, -0.1) is 0 Å². The lowest BCUT2D eigenvalue weighted by atomic mass is 10.0. The fourth-order valence-electron chi connectivity index (χ4n) is 1.34. The van der Waals surface area contributed by atoms with Gasteiger partial charge in [-0.3, -0.25) is 0 Å². The van der Waals surface area contributed by atoms with E-state index in [1.54, 1.807) is 0 Å². The number of nitrogens with zero attached hydrogens (tertiary/aromatic N) is 3. The molecule has 8 heteroatoms. The lowest BCUT2D eigenvalue weighted by molar-refractivity contribution is -0.165. The largest absolute Gasteiger partial charge is 0.426 e. The van der Waals surface area contributed by atoms with Crippen LogP contribution in [0.15, 0.2) is 29.4 Å². The Kier molecular flexibility index (Phi) is 2.27. The molecule has 0 amide bonds. The van der Waals surface area contributed by atoms with Gasteiger partial charge in [-0.1, -0.05) is 29.4 Å². The van der Waals surface area contributed by atoms with Gasteiger partial charge in [0, 0.05) is 10.6 Å². The van der Waals surface area contributed by atoms with E-state index in [-0.39, 0.29) is 11.3 Å². The third-order valence-electron chi connectivity index (χ3n) is 2.26. The molecule has 0 aromatic heterocycles. The van der Waals surface area contributed by atoms with E-state index in [4.69, 9.17) is 5.53 Å². The van der Waals surface area contributed by atoms with Crippen LogP contribution in [-0.2, 0) is 5.66 Å². The fourth-order valence-corrected chi connectivity index (χ4v) is 1.34. The predicted octanol–water partition coefficient (Wildman–Crippen LogP) is 2.45. The number of azide groups is 1. The van der Waals surface area contributed by atoms with E-state index in [0.717, 1.165) is 0 Å². The Hall–Kier alpha value is -1.76. The third kappa shape index (κ3) is 1.58. The van der Waals surface area contributed by atoms with Gasteiger partial charge in [-0.25, -0.2) is 10.9 Å². The van der Waals surface area contributed by atoms with E-state index < -0.39 is 11.8 Å². The van der Waals surface area contributed by atoms with Crippen molar-refractivity contribution in [3.05, 3.63) is 40.3 Å². The Labute approximate surface area is 87.9 Å². The molecule has 84 valence electrons. The Morgan fingerprint density at radius 1 is 1.19 bits per heavy atom. The van der Waals surface area contributed by atoms with Crippen molar-refractivity contribution in [1.82, 2.24) is 10.9 Å². The molecule has 2 N–H and O–H groups in total. The van der Waals surface area contributed by atoms with Crippen LogP contribution >= 0.6 is 0 Å². The van der Waals surface area contributed by atoms with Crippen molar-refractivity contribution in [3.63, 3.8) is 0 Å². The molecule has 0 bridgehead atoms. The number of halogens is 3. The highest BCUT2D eigenvalue weighted by molar-refractivity contribution is 5.42. The van der Waals surface area contributed by atoms with Crippen LogP contribution in [-0.4, -0.2) is 6.18 Å². The summed E-state index contributed by atoms with van der Waals surface area (Å²) < 4.78 is 37.9. The molecule has 1 fully saturated rings. The van der Waals surface area contributed by atoms with Gasteiger partial charge in [0.1, 0.15) is 0 Å². The van der Waals surface area contributed by atoms with Crippen molar-refractivity contribution in [1.29, 1.82) is 0 Å².